The lowest BCUT2D eigenvalue weighted by molar-refractivity contribution is 0.102. The van der Waals surface area contributed by atoms with E-state index >= 15 is 0 Å². The summed E-state index contributed by atoms with van der Waals surface area (Å²) in [6, 6.07) is 6.82. The van der Waals surface area contributed by atoms with E-state index in [9.17, 15) is 9.59 Å². The SMILES string of the molecule is CCC(C)O.CCCN.COc1ccccc1C(=O)Nc1cn[nH]c1C=O. The topological polar surface area (TPSA) is 130 Å². The van der Waals surface area contributed by atoms with Gasteiger partial charge in [-0.25, -0.2) is 0 Å². The Morgan fingerprint density at radius 3 is 2.48 bits per heavy atom. The highest BCUT2D eigenvalue weighted by Gasteiger charge is 2.14. The van der Waals surface area contributed by atoms with E-state index in [1.165, 1.54) is 13.3 Å². The molecule has 0 saturated heterocycles. The third-order valence-corrected chi connectivity index (χ3v) is 3.27. The minimum absolute atomic E-state index is 0.116. The highest BCUT2D eigenvalue weighted by molar-refractivity contribution is 6.07. The summed E-state index contributed by atoms with van der Waals surface area (Å²) < 4.78 is 5.09. The number of hydrogen-bond donors (Lipinski definition) is 4. The molecule has 0 saturated carbocycles. The molecule has 1 aromatic carbocycles. The summed E-state index contributed by atoms with van der Waals surface area (Å²) in [6.45, 7) is 6.60. The van der Waals surface area contributed by atoms with Crippen LogP contribution in [0.3, 0.4) is 0 Å². The Hall–Kier alpha value is -2.71. The molecule has 1 atom stereocenters. The standard InChI is InChI=1S/C12H11N3O3.C4H10O.C3H9N/c1-18-11-5-3-2-4-8(11)12(17)14-9-6-13-15-10(9)7-16;1-3-4(2)5;1-2-3-4/h2-7H,1H3,(H,13,15)(H,14,17);4-5H,3H2,1-2H3;2-4H2,1H3. The number of ether oxygens (including phenoxy) is 1. The van der Waals surface area contributed by atoms with Crippen molar-refractivity contribution in [1.82, 2.24) is 10.2 Å². The lowest BCUT2D eigenvalue weighted by atomic mass is 10.2. The Balaban J connectivity index is 0.000000630. The number of H-pyrrole nitrogens is 1. The van der Waals surface area contributed by atoms with Crippen LogP contribution in [0.15, 0.2) is 30.5 Å². The van der Waals surface area contributed by atoms with Crippen molar-refractivity contribution in [1.29, 1.82) is 0 Å². The van der Waals surface area contributed by atoms with Gasteiger partial charge in [-0.3, -0.25) is 14.7 Å². The zero-order valence-electron chi connectivity index (χ0n) is 16.4. The first-order chi connectivity index (χ1) is 12.9. The van der Waals surface area contributed by atoms with Crippen LogP contribution in [0, 0.1) is 0 Å². The first-order valence-electron chi connectivity index (χ1n) is 8.75. The molecule has 8 heteroatoms. The van der Waals surface area contributed by atoms with Crippen molar-refractivity contribution in [2.24, 2.45) is 5.73 Å². The van der Waals surface area contributed by atoms with Crippen molar-refractivity contribution in [2.75, 3.05) is 19.0 Å². The number of nitrogens with one attached hydrogen (secondary N) is 2. The molecule has 0 spiro atoms. The van der Waals surface area contributed by atoms with E-state index < -0.39 is 0 Å². The normalized spacial score (nSPS) is 10.4. The summed E-state index contributed by atoms with van der Waals surface area (Å²) in [7, 11) is 1.49. The third-order valence-electron chi connectivity index (χ3n) is 3.27. The minimum Gasteiger partial charge on any atom is -0.496 e. The highest BCUT2D eigenvalue weighted by atomic mass is 16.5. The number of methoxy groups -OCH3 is 1. The van der Waals surface area contributed by atoms with Crippen LogP contribution in [-0.4, -0.2) is 47.3 Å². The van der Waals surface area contributed by atoms with Gasteiger partial charge in [0.15, 0.2) is 6.29 Å². The average molecular weight is 378 g/mol. The number of rotatable bonds is 6. The number of hydrogen-bond acceptors (Lipinski definition) is 6. The van der Waals surface area contributed by atoms with E-state index in [1.54, 1.807) is 31.2 Å². The van der Waals surface area contributed by atoms with Crippen molar-refractivity contribution < 1.29 is 19.4 Å². The zero-order chi connectivity index (χ0) is 20.7. The van der Waals surface area contributed by atoms with Crippen LogP contribution in [0.1, 0.15) is 54.5 Å². The predicted octanol–water partition coefficient (Wildman–Crippen LogP) is 2.62. The molecule has 150 valence electrons. The molecule has 2 aromatic rings. The highest BCUT2D eigenvalue weighted by Crippen LogP contribution is 2.19. The number of aldehydes is 1. The number of aliphatic hydroxyl groups is 1. The van der Waals surface area contributed by atoms with Crippen molar-refractivity contribution in [3.8, 4) is 5.75 Å². The average Bonchev–Trinajstić information content (AvgIpc) is 3.15. The van der Waals surface area contributed by atoms with Crippen molar-refractivity contribution in [3.63, 3.8) is 0 Å². The van der Waals surface area contributed by atoms with Gasteiger partial charge < -0.3 is 20.9 Å². The van der Waals surface area contributed by atoms with Crippen molar-refractivity contribution in [2.45, 2.75) is 39.7 Å². The summed E-state index contributed by atoms with van der Waals surface area (Å²) in [6.07, 6.45) is 3.80. The molecule has 5 N–H and O–H groups in total. The van der Waals surface area contributed by atoms with Crippen molar-refractivity contribution in [3.05, 3.63) is 41.7 Å². The molecular formula is C19H30N4O4. The molecule has 1 unspecified atom stereocenters. The molecule has 0 aliphatic rings. The summed E-state index contributed by atoms with van der Waals surface area (Å²) in [5.74, 6) is 0.100. The first kappa shape index (κ1) is 24.3. The third kappa shape index (κ3) is 9.53. The number of amides is 1. The maximum atomic E-state index is 12.0. The van der Waals surface area contributed by atoms with Gasteiger partial charge in [0.2, 0.25) is 0 Å². The van der Waals surface area contributed by atoms with Crippen LogP contribution in [0.5, 0.6) is 5.75 Å². The van der Waals surface area contributed by atoms with E-state index in [0.29, 0.717) is 23.3 Å². The van der Waals surface area contributed by atoms with Crippen molar-refractivity contribution >= 4 is 17.9 Å². The molecule has 27 heavy (non-hydrogen) atoms. The number of aromatic amines is 1. The number of aliphatic hydroxyl groups excluding tert-OH is 1. The van der Waals surface area contributed by atoms with Crippen LogP contribution in [0.25, 0.3) is 0 Å². The fourth-order valence-corrected chi connectivity index (χ4v) is 1.51. The quantitative estimate of drug-likeness (QED) is 0.572. The molecule has 2 rings (SSSR count). The van der Waals surface area contributed by atoms with Gasteiger partial charge in [-0.15, -0.1) is 0 Å². The van der Waals surface area contributed by atoms with Gasteiger partial charge in [0.05, 0.1) is 30.7 Å². The molecule has 0 aliphatic heterocycles. The Morgan fingerprint density at radius 2 is 2.00 bits per heavy atom. The number of benzene rings is 1. The van der Waals surface area contributed by atoms with Crippen LogP contribution in [-0.2, 0) is 0 Å². The van der Waals surface area contributed by atoms with E-state index in [-0.39, 0.29) is 17.7 Å². The van der Waals surface area contributed by atoms with E-state index in [2.05, 4.69) is 22.4 Å². The largest absolute Gasteiger partial charge is 0.496 e. The van der Waals surface area contributed by atoms with E-state index in [0.717, 1.165) is 19.4 Å². The summed E-state index contributed by atoms with van der Waals surface area (Å²) in [4.78, 5) is 22.7. The number of aromatic nitrogens is 2. The molecule has 0 radical (unpaired) electrons. The van der Waals surface area contributed by atoms with Crippen LogP contribution >= 0.6 is 0 Å². The number of para-hydroxylation sites is 1. The Bertz CT molecular complexity index is 669. The summed E-state index contributed by atoms with van der Waals surface area (Å²) in [5.41, 5.74) is 5.97. The summed E-state index contributed by atoms with van der Waals surface area (Å²) in [5, 5.41) is 17.1. The molecule has 0 bridgehead atoms. The molecule has 8 nitrogen and oxygen atoms in total. The molecule has 1 amide bonds. The maximum absolute atomic E-state index is 12.0. The zero-order valence-corrected chi connectivity index (χ0v) is 16.4. The maximum Gasteiger partial charge on any atom is 0.259 e. The van der Waals surface area contributed by atoms with Crippen LogP contribution < -0.4 is 15.8 Å². The summed E-state index contributed by atoms with van der Waals surface area (Å²) >= 11 is 0. The Kier molecular flexibility index (Phi) is 13.0. The Morgan fingerprint density at radius 1 is 1.41 bits per heavy atom. The second-order valence-electron chi connectivity index (χ2n) is 5.52. The van der Waals surface area contributed by atoms with Gasteiger partial charge >= 0.3 is 0 Å². The number of carbonyl (C=O) groups is 2. The lowest BCUT2D eigenvalue weighted by Crippen LogP contribution is -2.13. The van der Waals surface area contributed by atoms with Gasteiger partial charge in [0, 0.05) is 0 Å². The smallest absolute Gasteiger partial charge is 0.259 e. The second kappa shape index (κ2) is 14.5. The minimum atomic E-state index is -0.364. The number of nitrogens with zero attached hydrogens (tertiary/aromatic N) is 1. The first-order valence-corrected chi connectivity index (χ1v) is 8.75. The number of nitrogens with two attached hydrogens (primary N) is 1. The molecule has 0 fully saturated rings. The van der Waals surface area contributed by atoms with Gasteiger partial charge in [-0.1, -0.05) is 26.0 Å². The van der Waals surface area contributed by atoms with Gasteiger partial charge in [0.1, 0.15) is 11.4 Å². The van der Waals surface area contributed by atoms with Gasteiger partial charge in [-0.2, -0.15) is 5.10 Å². The van der Waals surface area contributed by atoms with E-state index in [4.69, 9.17) is 15.6 Å². The monoisotopic (exact) mass is 378 g/mol. The molecule has 1 aromatic heterocycles. The van der Waals surface area contributed by atoms with Gasteiger partial charge in [-0.05, 0) is 38.4 Å². The lowest BCUT2D eigenvalue weighted by Gasteiger charge is -2.07. The second-order valence-corrected chi connectivity index (χ2v) is 5.52. The van der Waals surface area contributed by atoms with Crippen LogP contribution in [0.2, 0.25) is 0 Å². The number of anilines is 1. The number of carbonyl (C=O) groups excluding carboxylic acids is 2. The van der Waals surface area contributed by atoms with Gasteiger partial charge in [0.25, 0.3) is 5.91 Å². The Labute approximate surface area is 160 Å². The molecule has 0 aliphatic carbocycles. The predicted molar refractivity (Wildman–Crippen MR) is 106 cm³/mol. The van der Waals surface area contributed by atoms with E-state index in [1.807, 2.05) is 6.92 Å². The fourth-order valence-electron chi connectivity index (χ4n) is 1.51. The van der Waals surface area contributed by atoms with Crippen LogP contribution in [0.4, 0.5) is 5.69 Å². The molecule has 1 heterocycles. The fraction of sp³-hybridized carbons (Fsp3) is 0.421. The molecular weight excluding hydrogens is 348 g/mol.